The number of morpholine rings is 1. The normalized spacial score (nSPS) is 22.6. The summed E-state index contributed by atoms with van der Waals surface area (Å²) in [6.07, 6.45) is 7.54. The van der Waals surface area contributed by atoms with Gasteiger partial charge in [-0.15, -0.1) is 0 Å². The lowest BCUT2D eigenvalue weighted by Gasteiger charge is -2.38. The van der Waals surface area contributed by atoms with Crippen molar-refractivity contribution in [3.8, 4) is 0 Å². The standard InChI is InChI=1S/C22H31N5O2/c28-22(26-13-15-29-16-14-26)21-19(27-8-4-3-7-20(27)23-21)17-24-9-11-25(12-10-24)18-5-1-2-6-18/h3-4,7-8,18H,1-2,5-6,9-17H2. The van der Waals surface area contributed by atoms with Gasteiger partial charge in [-0.05, 0) is 25.0 Å². The molecule has 2 saturated heterocycles. The summed E-state index contributed by atoms with van der Waals surface area (Å²) in [5, 5.41) is 0. The monoisotopic (exact) mass is 397 g/mol. The molecule has 0 unspecified atom stereocenters. The summed E-state index contributed by atoms with van der Waals surface area (Å²) in [5.74, 6) is 0.0385. The third-order valence-corrected chi connectivity index (χ3v) is 6.75. The Bertz CT molecular complexity index is 846. The molecule has 0 aromatic carbocycles. The van der Waals surface area contributed by atoms with Crippen molar-refractivity contribution in [2.75, 3.05) is 52.5 Å². The van der Waals surface area contributed by atoms with Crippen LogP contribution in [0.3, 0.4) is 0 Å². The number of hydrogen-bond acceptors (Lipinski definition) is 5. The van der Waals surface area contributed by atoms with E-state index in [1.54, 1.807) is 0 Å². The second-order valence-electron chi connectivity index (χ2n) is 8.49. The first-order chi connectivity index (χ1) is 14.3. The molecule has 7 heteroatoms. The molecule has 0 bridgehead atoms. The number of piperazine rings is 1. The van der Waals surface area contributed by atoms with E-state index in [-0.39, 0.29) is 5.91 Å². The first kappa shape index (κ1) is 19.0. The van der Waals surface area contributed by atoms with Gasteiger partial charge in [0.05, 0.1) is 18.9 Å². The van der Waals surface area contributed by atoms with E-state index < -0.39 is 0 Å². The first-order valence-corrected chi connectivity index (χ1v) is 11.1. The molecule has 1 aliphatic carbocycles. The van der Waals surface area contributed by atoms with Crippen molar-refractivity contribution >= 4 is 11.6 Å². The molecule has 7 nitrogen and oxygen atoms in total. The lowest BCUT2D eigenvalue weighted by molar-refractivity contribution is 0.0297. The summed E-state index contributed by atoms with van der Waals surface area (Å²) in [7, 11) is 0. The van der Waals surface area contributed by atoms with E-state index in [2.05, 4.69) is 14.2 Å². The smallest absolute Gasteiger partial charge is 0.274 e. The highest BCUT2D eigenvalue weighted by molar-refractivity contribution is 5.94. The number of hydrogen-bond donors (Lipinski definition) is 0. The van der Waals surface area contributed by atoms with Crippen LogP contribution in [0.4, 0.5) is 0 Å². The second kappa shape index (κ2) is 8.42. The highest BCUT2D eigenvalue weighted by Gasteiger charge is 2.29. The van der Waals surface area contributed by atoms with Crippen LogP contribution in [-0.4, -0.2) is 88.5 Å². The predicted molar refractivity (Wildman–Crippen MR) is 111 cm³/mol. The molecule has 1 amide bonds. The molecule has 0 N–H and O–H groups in total. The van der Waals surface area contributed by atoms with Crippen LogP contribution in [0, 0.1) is 0 Å². The molecule has 2 aromatic heterocycles. The maximum Gasteiger partial charge on any atom is 0.274 e. The van der Waals surface area contributed by atoms with Crippen molar-refractivity contribution in [3.63, 3.8) is 0 Å². The van der Waals surface area contributed by atoms with Crippen LogP contribution < -0.4 is 0 Å². The number of carbonyl (C=O) groups is 1. The summed E-state index contributed by atoms with van der Waals surface area (Å²) in [6, 6.07) is 6.78. The van der Waals surface area contributed by atoms with Crippen molar-refractivity contribution in [1.29, 1.82) is 0 Å². The van der Waals surface area contributed by atoms with E-state index in [0.717, 1.165) is 50.1 Å². The molecular formula is C22H31N5O2. The highest BCUT2D eigenvalue weighted by atomic mass is 16.5. The fourth-order valence-electron chi connectivity index (χ4n) is 5.05. The Morgan fingerprint density at radius 3 is 2.55 bits per heavy atom. The number of rotatable bonds is 4. The number of fused-ring (bicyclic) bond motifs is 1. The number of nitrogens with zero attached hydrogens (tertiary/aromatic N) is 5. The maximum atomic E-state index is 13.2. The molecule has 2 aliphatic heterocycles. The van der Waals surface area contributed by atoms with Crippen LogP contribution in [0.5, 0.6) is 0 Å². The van der Waals surface area contributed by atoms with Gasteiger partial charge in [0.15, 0.2) is 5.69 Å². The van der Waals surface area contributed by atoms with E-state index in [1.807, 2.05) is 29.3 Å². The van der Waals surface area contributed by atoms with Crippen LogP contribution in [0.15, 0.2) is 24.4 Å². The van der Waals surface area contributed by atoms with Gasteiger partial charge in [-0.2, -0.15) is 0 Å². The van der Waals surface area contributed by atoms with Gasteiger partial charge >= 0.3 is 0 Å². The summed E-state index contributed by atoms with van der Waals surface area (Å²) in [6.45, 7) is 7.66. The molecule has 0 radical (unpaired) electrons. The van der Waals surface area contributed by atoms with Crippen molar-refractivity contribution in [1.82, 2.24) is 24.1 Å². The Balaban J connectivity index is 1.34. The Morgan fingerprint density at radius 1 is 1.03 bits per heavy atom. The summed E-state index contributed by atoms with van der Waals surface area (Å²) >= 11 is 0. The van der Waals surface area contributed by atoms with Gasteiger partial charge in [0.2, 0.25) is 0 Å². The van der Waals surface area contributed by atoms with Gasteiger partial charge in [0, 0.05) is 58.1 Å². The Kier molecular flexibility index (Phi) is 5.52. The van der Waals surface area contributed by atoms with Gasteiger partial charge < -0.3 is 14.0 Å². The molecule has 156 valence electrons. The third-order valence-electron chi connectivity index (χ3n) is 6.75. The fourth-order valence-corrected chi connectivity index (χ4v) is 5.05. The van der Waals surface area contributed by atoms with Crippen molar-refractivity contribution < 1.29 is 9.53 Å². The van der Waals surface area contributed by atoms with Crippen molar-refractivity contribution in [2.24, 2.45) is 0 Å². The van der Waals surface area contributed by atoms with Gasteiger partial charge in [-0.25, -0.2) is 4.98 Å². The Labute approximate surface area is 172 Å². The zero-order valence-electron chi connectivity index (χ0n) is 17.1. The van der Waals surface area contributed by atoms with Crippen LogP contribution >= 0.6 is 0 Å². The zero-order valence-corrected chi connectivity index (χ0v) is 17.1. The van der Waals surface area contributed by atoms with Crippen LogP contribution in [0.2, 0.25) is 0 Å². The van der Waals surface area contributed by atoms with Crippen molar-refractivity contribution in [3.05, 3.63) is 35.8 Å². The van der Waals surface area contributed by atoms with Gasteiger partial charge in [-0.1, -0.05) is 18.9 Å². The average molecular weight is 398 g/mol. The Hall–Kier alpha value is -1.96. The number of imidazole rings is 1. The molecule has 5 rings (SSSR count). The molecule has 2 aromatic rings. The summed E-state index contributed by atoms with van der Waals surface area (Å²) < 4.78 is 7.51. The molecule has 4 heterocycles. The zero-order chi connectivity index (χ0) is 19.6. The maximum absolute atomic E-state index is 13.2. The van der Waals surface area contributed by atoms with E-state index in [0.29, 0.717) is 32.0 Å². The summed E-state index contributed by atoms with van der Waals surface area (Å²) in [5.41, 5.74) is 2.48. The molecule has 0 atom stereocenters. The molecule has 1 saturated carbocycles. The minimum atomic E-state index is 0.0385. The van der Waals surface area contributed by atoms with Gasteiger partial charge in [0.25, 0.3) is 5.91 Å². The third kappa shape index (κ3) is 3.91. The fraction of sp³-hybridized carbons (Fsp3) is 0.636. The molecule has 3 fully saturated rings. The predicted octanol–water partition coefficient (Wildman–Crippen LogP) is 1.87. The molecule has 29 heavy (non-hydrogen) atoms. The largest absolute Gasteiger partial charge is 0.378 e. The van der Waals surface area contributed by atoms with Crippen LogP contribution in [-0.2, 0) is 11.3 Å². The lowest BCUT2D eigenvalue weighted by Crippen LogP contribution is -2.49. The SMILES string of the molecule is O=C(c1nc2ccccn2c1CN1CCN(C2CCCC2)CC1)N1CCOCC1. The number of aromatic nitrogens is 2. The second-order valence-corrected chi connectivity index (χ2v) is 8.49. The van der Waals surface area contributed by atoms with Gasteiger partial charge in [-0.3, -0.25) is 14.6 Å². The number of ether oxygens (including phenoxy) is 1. The molecule has 0 spiro atoms. The average Bonchev–Trinajstić information content (AvgIpc) is 3.43. The van der Waals surface area contributed by atoms with E-state index in [9.17, 15) is 4.79 Å². The Morgan fingerprint density at radius 2 is 1.79 bits per heavy atom. The number of pyridine rings is 1. The van der Waals surface area contributed by atoms with E-state index in [1.165, 1.54) is 25.7 Å². The minimum absolute atomic E-state index is 0.0385. The first-order valence-electron chi connectivity index (χ1n) is 11.1. The van der Waals surface area contributed by atoms with Gasteiger partial charge in [0.1, 0.15) is 5.65 Å². The number of carbonyl (C=O) groups excluding carboxylic acids is 1. The van der Waals surface area contributed by atoms with E-state index >= 15 is 0 Å². The minimum Gasteiger partial charge on any atom is -0.378 e. The van der Waals surface area contributed by atoms with Crippen molar-refractivity contribution in [2.45, 2.75) is 38.3 Å². The number of amides is 1. The summed E-state index contributed by atoms with van der Waals surface area (Å²) in [4.78, 5) is 25.0. The van der Waals surface area contributed by atoms with Crippen LogP contribution in [0.1, 0.15) is 41.9 Å². The highest BCUT2D eigenvalue weighted by Crippen LogP contribution is 2.25. The molecule has 3 aliphatic rings. The lowest BCUT2D eigenvalue weighted by atomic mass is 10.1. The topological polar surface area (TPSA) is 53.3 Å². The quantitative estimate of drug-likeness (QED) is 0.788. The van der Waals surface area contributed by atoms with E-state index in [4.69, 9.17) is 9.72 Å². The van der Waals surface area contributed by atoms with Crippen LogP contribution in [0.25, 0.3) is 5.65 Å². The molecular weight excluding hydrogens is 366 g/mol.